The quantitative estimate of drug-likeness (QED) is 0.790. The lowest BCUT2D eigenvalue weighted by Crippen LogP contribution is -2.34. The fourth-order valence-electron chi connectivity index (χ4n) is 2.82. The van der Waals surface area contributed by atoms with Gasteiger partial charge in [-0.3, -0.25) is 4.79 Å². The van der Waals surface area contributed by atoms with Crippen LogP contribution in [0.2, 0.25) is 0 Å². The zero-order chi connectivity index (χ0) is 17.7. The van der Waals surface area contributed by atoms with Crippen molar-refractivity contribution in [1.29, 1.82) is 0 Å². The second-order valence-corrected chi connectivity index (χ2v) is 5.94. The van der Waals surface area contributed by atoms with Gasteiger partial charge in [0.05, 0.1) is 7.11 Å². The van der Waals surface area contributed by atoms with Crippen molar-refractivity contribution in [3.63, 3.8) is 0 Å². The molecule has 5 heteroatoms. The maximum absolute atomic E-state index is 12.3. The fourth-order valence-corrected chi connectivity index (χ4v) is 2.82. The second-order valence-electron chi connectivity index (χ2n) is 5.94. The van der Waals surface area contributed by atoms with Crippen LogP contribution in [-0.4, -0.2) is 19.1 Å². The first-order chi connectivity index (χ1) is 11.5. The Labute approximate surface area is 142 Å². The Morgan fingerprint density at radius 2 is 2.00 bits per heavy atom. The van der Waals surface area contributed by atoms with Crippen LogP contribution < -0.4 is 15.7 Å². The zero-order valence-corrected chi connectivity index (χ0v) is 14.8. The number of fused-ring (bicyclic) bond motifs is 1. The van der Waals surface area contributed by atoms with E-state index in [0.717, 1.165) is 23.8 Å². The largest absolute Gasteiger partial charge is 0.497 e. The smallest absolute Gasteiger partial charge is 0.339 e. The minimum absolute atomic E-state index is 0.0303. The molecule has 2 rings (SSSR count). The topological polar surface area (TPSA) is 68.5 Å². The van der Waals surface area contributed by atoms with E-state index in [-0.39, 0.29) is 24.0 Å². The molecule has 0 saturated heterocycles. The first-order valence-corrected chi connectivity index (χ1v) is 8.39. The molecule has 2 aromatic rings. The Hall–Kier alpha value is -2.30. The molecule has 0 fully saturated rings. The van der Waals surface area contributed by atoms with Crippen LogP contribution in [0.5, 0.6) is 5.75 Å². The summed E-state index contributed by atoms with van der Waals surface area (Å²) in [5, 5.41) is 3.86. The van der Waals surface area contributed by atoms with Gasteiger partial charge in [-0.15, -0.1) is 0 Å². The van der Waals surface area contributed by atoms with Gasteiger partial charge in [0.15, 0.2) is 0 Å². The maximum atomic E-state index is 12.3. The molecular formula is C19H25NO4. The summed E-state index contributed by atoms with van der Waals surface area (Å²) in [6, 6.07) is 5.60. The molecule has 1 amide bonds. The van der Waals surface area contributed by atoms with Crippen molar-refractivity contribution >= 4 is 16.9 Å². The summed E-state index contributed by atoms with van der Waals surface area (Å²) >= 11 is 0. The number of ether oxygens (including phenoxy) is 1. The Balaban J connectivity index is 2.20. The van der Waals surface area contributed by atoms with Gasteiger partial charge in [0.25, 0.3) is 0 Å². The lowest BCUT2D eigenvalue weighted by atomic mass is 10.0. The van der Waals surface area contributed by atoms with Gasteiger partial charge in [0.1, 0.15) is 11.3 Å². The lowest BCUT2D eigenvalue weighted by Gasteiger charge is -2.15. The molecule has 0 saturated carbocycles. The van der Waals surface area contributed by atoms with Crippen LogP contribution in [0.4, 0.5) is 0 Å². The van der Waals surface area contributed by atoms with Crippen LogP contribution in [0.25, 0.3) is 11.0 Å². The maximum Gasteiger partial charge on any atom is 0.339 e. The molecule has 24 heavy (non-hydrogen) atoms. The van der Waals surface area contributed by atoms with Crippen LogP contribution in [0.15, 0.2) is 27.4 Å². The molecule has 1 N–H and O–H groups in total. The Morgan fingerprint density at radius 1 is 1.29 bits per heavy atom. The highest BCUT2D eigenvalue weighted by Crippen LogP contribution is 2.24. The van der Waals surface area contributed by atoms with Gasteiger partial charge in [-0.25, -0.2) is 4.79 Å². The second kappa shape index (κ2) is 7.99. The molecule has 0 radical (unpaired) electrons. The first kappa shape index (κ1) is 18.0. The van der Waals surface area contributed by atoms with E-state index in [9.17, 15) is 9.59 Å². The number of carbonyl (C=O) groups is 1. The predicted octanol–water partition coefficient (Wildman–Crippen LogP) is 3.35. The minimum Gasteiger partial charge on any atom is -0.497 e. The van der Waals surface area contributed by atoms with Crippen LogP contribution in [0.3, 0.4) is 0 Å². The van der Waals surface area contributed by atoms with E-state index >= 15 is 0 Å². The summed E-state index contributed by atoms with van der Waals surface area (Å²) in [5.41, 5.74) is 1.54. The third-order valence-electron chi connectivity index (χ3n) is 4.45. The Morgan fingerprint density at radius 3 is 2.62 bits per heavy atom. The van der Waals surface area contributed by atoms with Gasteiger partial charge in [-0.05, 0) is 43.9 Å². The number of aryl methyl sites for hydroxylation is 1. The van der Waals surface area contributed by atoms with Crippen molar-refractivity contribution in [2.45, 2.75) is 52.5 Å². The fraction of sp³-hybridized carbons (Fsp3) is 0.474. The number of methoxy groups -OCH3 is 1. The van der Waals surface area contributed by atoms with Crippen LogP contribution >= 0.6 is 0 Å². The van der Waals surface area contributed by atoms with Gasteiger partial charge < -0.3 is 14.5 Å². The molecule has 0 aliphatic carbocycles. The van der Waals surface area contributed by atoms with Gasteiger partial charge in [0.2, 0.25) is 5.91 Å². The van der Waals surface area contributed by atoms with E-state index in [1.54, 1.807) is 13.2 Å². The molecule has 1 aromatic carbocycles. The molecule has 0 unspecified atom stereocenters. The van der Waals surface area contributed by atoms with E-state index in [1.165, 1.54) is 0 Å². The predicted molar refractivity (Wildman–Crippen MR) is 94.6 cm³/mol. The van der Waals surface area contributed by atoms with Crippen molar-refractivity contribution in [3.05, 3.63) is 39.7 Å². The zero-order valence-electron chi connectivity index (χ0n) is 14.8. The third-order valence-corrected chi connectivity index (χ3v) is 4.45. The molecule has 130 valence electrons. The average molecular weight is 331 g/mol. The number of rotatable bonds is 7. The number of benzene rings is 1. The standard InChI is InChI=1S/C19H25NO4/c1-5-13(6-2)20-18(21)10-9-16-12(3)15-8-7-14(23-4)11-17(15)24-19(16)22/h7-8,11,13H,5-6,9-10H2,1-4H3,(H,20,21). The highest BCUT2D eigenvalue weighted by molar-refractivity contribution is 5.82. The van der Waals surface area contributed by atoms with E-state index in [4.69, 9.17) is 9.15 Å². The van der Waals surface area contributed by atoms with Crippen LogP contribution in [0.1, 0.15) is 44.2 Å². The summed E-state index contributed by atoms with van der Waals surface area (Å²) in [7, 11) is 1.57. The molecule has 1 aromatic heterocycles. The van der Waals surface area contributed by atoms with E-state index in [0.29, 0.717) is 23.3 Å². The van der Waals surface area contributed by atoms with Crippen molar-refractivity contribution in [2.75, 3.05) is 7.11 Å². The monoisotopic (exact) mass is 331 g/mol. The molecule has 0 spiro atoms. The van der Waals surface area contributed by atoms with Crippen LogP contribution in [0, 0.1) is 6.92 Å². The Kier molecular flexibility index (Phi) is 6.01. The normalized spacial score (nSPS) is 11.0. The summed E-state index contributed by atoms with van der Waals surface area (Å²) in [6.07, 6.45) is 2.47. The molecule has 1 heterocycles. The molecular weight excluding hydrogens is 306 g/mol. The summed E-state index contributed by atoms with van der Waals surface area (Å²) < 4.78 is 10.6. The van der Waals surface area contributed by atoms with Crippen molar-refractivity contribution in [3.8, 4) is 5.75 Å². The van der Waals surface area contributed by atoms with Crippen LogP contribution in [-0.2, 0) is 11.2 Å². The van der Waals surface area contributed by atoms with Gasteiger partial charge in [-0.1, -0.05) is 13.8 Å². The molecule has 0 bridgehead atoms. The SMILES string of the molecule is CCC(CC)NC(=O)CCc1c(C)c2ccc(OC)cc2oc1=O. The number of hydrogen-bond donors (Lipinski definition) is 1. The van der Waals surface area contributed by atoms with Gasteiger partial charge >= 0.3 is 5.63 Å². The van der Waals surface area contributed by atoms with E-state index < -0.39 is 0 Å². The third kappa shape index (κ3) is 3.96. The number of nitrogens with one attached hydrogen (secondary N) is 1. The lowest BCUT2D eigenvalue weighted by molar-refractivity contribution is -0.121. The highest BCUT2D eigenvalue weighted by atomic mass is 16.5. The molecule has 5 nitrogen and oxygen atoms in total. The molecule has 0 atom stereocenters. The molecule has 0 aliphatic rings. The minimum atomic E-state index is -0.386. The molecule has 0 aliphatic heterocycles. The van der Waals surface area contributed by atoms with Crippen molar-refractivity contribution in [2.24, 2.45) is 0 Å². The highest BCUT2D eigenvalue weighted by Gasteiger charge is 2.14. The van der Waals surface area contributed by atoms with Crippen molar-refractivity contribution in [1.82, 2.24) is 5.32 Å². The van der Waals surface area contributed by atoms with Gasteiger partial charge in [0, 0.05) is 29.5 Å². The average Bonchev–Trinajstić information content (AvgIpc) is 2.58. The Bertz CT molecular complexity index is 775. The van der Waals surface area contributed by atoms with E-state index in [1.807, 2.05) is 32.9 Å². The number of amides is 1. The summed E-state index contributed by atoms with van der Waals surface area (Å²) in [4.78, 5) is 24.3. The number of hydrogen-bond acceptors (Lipinski definition) is 4. The number of carbonyl (C=O) groups excluding carboxylic acids is 1. The van der Waals surface area contributed by atoms with Gasteiger partial charge in [-0.2, -0.15) is 0 Å². The van der Waals surface area contributed by atoms with E-state index in [2.05, 4.69) is 5.32 Å². The summed E-state index contributed by atoms with van der Waals surface area (Å²) in [6.45, 7) is 5.98. The summed E-state index contributed by atoms with van der Waals surface area (Å²) in [5.74, 6) is 0.611. The first-order valence-electron chi connectivity index (χ1n) is 8.39. The van der Waals surface area contributed by atoms with Crippen molar-refractivity contribution < 1.29 is 13.9 Å².